The fourth-order valence-electron chi connectivity index (χ4n) is 2.33. The van der Waals surface area contributed by atoms with E-state index in [0.717, 1.165) is 31.2 Å². The number of guanidine groups is 1. The van der Waals surface area contributed by atoms with Gasteiger partial charge in [0.15, 0.2) is 5.96 Å². The highest BCUT2D eigenvalue weighted by Crippen LogP contribution is 2.17. The minimum absolute atomic E-state index is 0.203. The number of benzene rings is 1. The van der Waals surface area contributed by atoms with Gasteiger partial charge in [-0.15, -0.1) is 0 Å². The van der Waals surface area contributed by atoms with Crippen LogP contribution in [-0.4, -0.2) is 37.3 Å². The van der Waals surface area contributed by atoms with Gasteiger partial charge in [0.05, 0.1) is 6.54 Å². The van der Waals surface area contributed by atoms with Crippen LogP contribution in [-0.2, 0) is 11.3 Å². The highest BCUT2D eigenvalue weighted by atomic mass is 19.1. The third kappa shape index (κ3) is 5.70. The molecule has 0 saturated heterocycles. The summed E-state index contributed by atoms with van der Waals surface area (Å²) in [5, 5.41) is 6.52. The monoisotopic (exact) mass is 332 g/mol. The number of nitrogens with zero attached hydrogens (tertiary/aromatic N) is 2. The predicted octanol–water partition coefficient (Wildman–Crippen LogP) is 2.57. The molecule has 1 aromatic heterocycles. The summed E-state index contributed by atoms with van der Waals surface area (Å²) in [6.45, 7) is 4.90. The second-order valence-electron chi connectivity index (χ2n) is 5.34. The van der Waals surface area contributed by atoms with Gasteiger partial charge in [-0.2, -0.15) is 0 Å². The van der Waals surface area contributed by atoms with Crippen molar-refractivity contribution < 1.29 is 9.13 Å². The van der Waals surface area contributed by atoms with Crippen molar-refractivity contribution in [3.63, 3.8) is 0 Å². The van der Waals surface area contributed by atoms with E-state index in [9.17, 15) is 4.39 Å². The number of aliphatic imine (C=N–C) groups is 1. The molecule has 6 heteroatoms. The summed E-state index contributed by atoms with van der Waals surface area (Å²) in [4.78, 5) is 4.57. The van der Waals surface area contributed by atoms with Gasteiger partial charge in [-0.1, -0.05) is 12.1 Å². The Morgan fingerprint density at radius 3 is 2.54 bits per heavy atom. The summed E-state index contributed by atoms with van der Waals surface area (Å²) in [7, 11) is 1.63. The van der Waals surface area contributed by atoms with Crippen LogP contribution in [0, 0.1) is 5.82 Å². The van der Waals surface area contributed by atoms with Crippen LogP contribution >= 0.6 is 0 Å². The van der Waals surface area contributed by atoms with Crippen LogP contribution in [0.1, 0.15) is 18.6 Å². The molecular weight excluding hydrogens is 307 g/mol. The first-order chi connectivity index (χ1) is 11.7. The number of rotatable bonds is 8. The molecule has 0 aliphatic rings. The number of methoxy groups -OCH3 is 1. The summed E-state index contributed by atoms with van der Waals surface area (Å²) in [5.74, 6) is 0.492. The summed E-state index contributed by atoms with van der Waals surface area (Å²) in [5.41, 5.74) is 0.908. The summed E-state index contributed by atoms with van der Waals surface area (Å²) < 4.78 is 20.6. The highest BCUT2D eigenvalue weighted by Gasteiger charge is 2.10. The molecule has 2 aromatic rings. The molecule has 1 atom stereocenters. The average Bonchev–Trinajstić information content (AvgIpc) is 3.10. The van der Waals surface area contributed by atoms with Gasteiger partial charge in [0.25, 0.3) is 0 Å². The van der Waals surface area contributed by atoms with E-state index in [2.05, 4.69) is 20.2 Å². The Hall–Kier alpha value is -2.34. The number of hydrogen-bond acceptors (Lipinski definition) is 2. The molecule has 130 valence electrons. The van der Waals surface area contributed by atoms with Gasteiger partial charge < -0.3 is 19.9 Å². The van der Waals surface area contributed by atoms with Crippen LogP contribution in [0.4, 0.5) is 4.39 Å². The van der Waals surface area contributed by atoms with Gasteiger partial charge in [0.2, 0.25) is 0 Å². The highest BCUT2D eigenvalue weighted by molar-refractivity contribution is 5.79. The van der Waals surface area contributed by atoms with Gasteiger partial charge in [-0.3, -0.25) is 4.99 Å². The molecule has 0 saturated carbocycles. The molecule has 0 radical (unpaired) electrons. The van der Waals surface area contributed by atoms with Gasteiger partial charge >= 0.3 is 0 Å². The molecule has 0 bridgehead atoms. The Kier molecular flexibility index (Phi) is 7.29. The largest absolute Gasteiger partial charge is 0.375 e. The molecule has 0 aliphatic heterocycles. The van der Waals surface area contributed by atoms with E-state index in [0.29, 0.717) is 6.54 Å². The first-order valence-electron chi connectivity index (χ1n) is 8.14. The van der Waals surface area contributed by atoms with E-state index >= 15 is 0 Å². The van der Waals surface area contributed by atoms with Crippen molar-refractivity contribution in [1.82, 2.24) is 15.2 Å². The van der Waals surface area contributed by atoms with Crippen molar-refractivity contribution in [3.8, 4) is 0 Å². The van der Waals surface area contributed by atoms with Crippen molar-refractivity contribution >= 4 is 5.96 Å². The minimum Gasteiger partial charge on any atom is -0.375 e. The third-order valence-electron chi connectivity index (χ3n) is 3.61. The van der Waals surface area contributed by atoms with E-state index in [-0.39, 0.29) is 11.9 Å². The SMILES string of the molecule is CCNC(=NCC(OC)c1ccc(F)cc1)NCCn1cccc1. The van der Waals surface area contributed by atoms with Crippen molar-refractivity contribution in [2.75, 3.05) is 26.7 Å². The number of ether oxygens (including phenoxy) is 1. The second-order valence-corrected chi connectivity index (χ2v) is 5.34. The van der Waals surface area contributed by atoms with E-state index in [1.807, 2.05) is 31.5 Å². The molecule has 0 fully saturated rings. The average molecular weight is 332 g/mol. The molecule has 24 heavy (non-hydrogen) atoms. The van der Waals surface area contributed by atoms with E-state index in [4.69, 9.17) is 4.74 Å². The molecule has 1 unspecified atom stereocenters. The van der Waals surface area contributed by atoms with Gasteiger partial charge in [-0.05, 0) is 36.8 Å². The van der Waals surface area contributed by atoms with Crippen LogP contribution in [0.3, 0.4) is 0 Å². The van der Waals surface area contributed by atoms with Crippen LogP contribution in [0.2, 0.25) is 0 Å². The zero-order chi connectivity index (χ0) is 17.2. The second kappa shape index (κ2) is 9.72. The molecule has 1 aromatic carbocycles. The lowest BCUT2D eigenvalue weighted by Crippen LogP contribution is -2.39. The number of aromatic nitrogens is 1. The molecule has 0 spiro atoms. The van der Waals surface area contributed by atoms with Gasteiger partial charge in [0.1, 0.15) is 11.9 Å². The molecule has 5 nitrogen and oxygen atoms in total. The first kappa shape index (κ1) is 18.0. The number of nitrogens with one attached hydrogen (secondary N) is 2. The van der Waals surface area contributed by atoms with Gasteiger partial charge in [0, 0.05) is 39.1 Å². The van der Waals surface area contributed by atoms with E-state index in [1.165, 1.54) is 12.1 Å². The third-order valence-corrected chi connectivity index (χ3v) is 3.61. The fourth-order valence-corrected chi connectivity index (χ4v) is 2.33. The van der Waals surface area contributed by atoms with Crippen molar-refractivity contribution in [2.45, 2.75) is 19.6 Å². The fraction of sp³-hybridized carbons (Fsp3) is 0.389. The minimum atomic E-state index is -0.253. The van der Waals surface area contributed by atoms with Crippen LogP contribution < -0.4 is 10.6 Å². The van der Waals surface area contributed by atoms with Crippen LogP contribution in [0.25, 0.3) is 0 Å². The molecule has 0 amide bonds. The maximum absolute atomic E-state index is 13.0. The summed E-state index contributed by atoms with van der Waals surface area (Å²) in [6, 6.07) is 10.3. The maximum Gasteiger partial charge on any atom is 0.191 e. The first-order valence-corrected chi connectivity index (χ1v) is 8.14. The lowest BCUT2D eigenvalue weighted by Gasteiger charge is -2.16. The Morgan fingerprint density at radius 1 is 1.21 bits per heavy atom. The maximum atomic E-state index is 13.0. The standard InChI is InChI=1S/C18H25FN4O/c1-3-20-18(21-10-13-23-11-4-5-12-23)22-14-17(24-2)15-6-8-16(19)9-7-15/h4-9,11-12,17H,3,10,13-14H2,1-2H3,(H2,20,21,22). The smallest absolute Gasteiger partial charge is 0.191 e. The molecule has 0 aliphatic carbocycles. The van der Waals surface area contributed by atoms with Crippen molar-refractivity contribution in [3.05, 3.63) is 60.2 Å². The number of halogens is 1. The van der Waals surface area contributed by atoms with Crippen molar-refractivity contribution in [2.24, 2.45) is 4.99 Å². The molecular formula is C18H25FN4O. The van der Waals surface area contributed by atoms with Crippen LogP contribution in [0.5, 0.6) is 0 Å². The zero-order valence-electron chi connectivity index (χ0n) is 14.2. The molecule has 2 rings (SSSR count). The molecule has 2 N–H and O–H groups in total. The summed E-state index contributed by atoms with van der Waals surface area (Å²) in [6.07, 6.45) is 3.85. The van der Waals surface area contributed by atoms with E-state index < -0.39 is 0 Å². The predicted molar refractivity (Wildman–Crippen MR) is 94.6 cm³/mol. The Balaban J connectivity index is 1.91. The Labute approximate surface area is 142 Å². The van der Waals surface area contributed by atoms with Crippen LogP contribution in [0.15, 0.2) is 53.8 Å². The molecule has 1 heterocycles. The van der Waals surface area contributed by atoms with E-state index in [1.54, 1.807) is 19.2 Å². The van der Waals surface area contributed by atoms with Gasteiger partial charge in [-0.25, -0.2) is 4.39 Å². The normalized spacial score (nSPS) is 12.9. The number of hydrogen-bond donors (Lipinski definition) is 2. The van der Waals surface area contributed by atoms with Crippen molar-refractivity contribution in [1.29, 1.82) is 0 Å². The summed E-state index contributed by atoms with van der Waals surface area (Å²) >= 11 is 0. The zero-order valence-corrected chi connectivity index (χ0v) is 14.2. The topological polar surface area (TPSA) is 50.6 Å². The lowest BCUT2D eigenvalue weighted by atomic mass is 10.1. The quantitative estimate of drug-likeness (QED) is 0.577. The Bertz CT molecular complexity index is 610. The Morgan fingerprint density at radius 2 is 1.92 bits per heavy atom. The lowest BCUT2D eigenvalue weighted by molar-refractivity contribution is 0.111.